The quantitative estimate of drug-likeness (QED) is 0.668. The first kappa shape index (κ1) is 22.5. The van der Waals surface area contributed by atoms with Crippen LogP contribution in [0.1, 0.15) is 51.0 Å². The van der Waals surface area contributed by atoms with Crippen LogP contribution in [-0.4, -0.2) is 79.6 Å². The van der Waals surface area contributed by atoms with Crippen LogP contribution in [0.25, 0.3) is 0 Å². The Morgan fingerprint density at radius 3 is 2.61 bits per heavy atom. The summed E-state index contributed by atoms with van der Waals surface area (Å²) in [6.45, 7) is 6.02. The second kappa shape index (κ2) is 8.35. The molecular weight excluding hydrogens is 418 g/mol. The molecule has 3 heterocycles. The molecule has 0 unspecified atom stereocenters. The lowest BCUT2D eigenvalue weighted by Gasteiger charge is -2.42. The summed E-state index contributed by atoms with van der Waals surface area (Å²) < 4.78 is 34.4. The Kier molecular flexibility index (Phi) is 6.06. The zero-order valence-electron chi connectivity index (χ0n) is 18.5. The first-order chi connectivity index (χ1) is 14.6. The van der Waals surface area contributed by atoms with Crippen LogP contribution in [0, 0.1) is 0 Å². The Hall–Kier alpha value is -1.68. The van der Waals surface area contributed by atoms with E-state index >= 15 is 0 Å². The van der Waals surface area contributed by atoms with Crippen molar-refractivity contribution in [2.45, 2.75) is 68.0 Å². The van der Waals surface area contributed by atoms with Crippen LogP contribution in [0.5, 0.6) is 5.75 Å². The summed E-state index contributed by atoms with van der Waals surface area (Å²) in [4.78, 5) is 15.6. The van der Waals surface area contributed by atoms with E-state index in [0.717, 1.165) is 35.8 Å². The Balaban J connectivity index is 1.78. The number of hydrogen-bond acceptors (Lipinski definition) is 6. The first-order valence-electron chi connectivity index (χ1n) is 11.1. The van der Waals surface area contributed by atoms with Gasteiger partial charge in [0.1, 0.15) is 16.7 Å². The van der Waals surface area contributed by atoms with Gasteiger partial charge in [-0.25, -0.2) is 8.42 Å². The molecule has 0 bridgehead atoms. The van der Waals surface area contributed by atoms with Crippen LogP contribution in [-0.2, 0) is 14.8 Å². The van der Waals surface area contributed by atoms with E-state index < -0.39 is 27.7 Å². The molecule has 1 aromatic carbocycles. The number of benzene rings is 1. The predicted molar refractivity (Wildman–Crippen MR) is 117 cm³/mol. The Bertz CT molecular complexity index is 940. The van der Waals surface area contributed by atoms with Gasteiger partial charge in [-0.15, -0.1) is 0 Å². The van der Waals surface area contributed by atoms with Crippen molar-refractivity contribution >= 4 is 15.9 Å². The highest BCUT2D eigenvalue weighted by Crippen LogP contribution is 2.36. The molecule has 0 saturated carbocycles. The molecule has 2 fully saturated rings. The SMILES string of the molecule is CC(C)c1ccc2c(c1)OCCC1(CCN(C)CC1)NC(=O)[C@@H]1C[C@@H](O)CN1S2(=O)=O. The van der Waals surface area contributed by atoms with E-state index in [2.05, 4.69) is 17.3 Å². The minimum Gasteiger partial charge on any atom is -0.492 e. The number of amides is 1. The van der Waals surface area contributed by atoms with Crippen molar-refractivity contribution in [1.29, 1.82) is 0 Å². The minimum atomic E-state index is -4.02. The molecule has 3 aliphatic heterocycles. The number of hydrogen-bond donors (Lipinski definition) is 2. The van der Waals surface area contributed by atoms with Crippen molar-refractivity contribution < 1.29 is 23.1 Å². The minimum absolute atomic E-state index is 0.0585. The van der Waals surface area contributed by atoms with Gasteiger partial charge in [0.25, 0.3) is 0 Å². The van der Waals surface area contributed by atoms with Crippen molar-refractivity contribution in [3.63, 3.8) is 0 Å². The lowest BCUT2D eigenvalue weighted by atomic mass is 9.84. The molecule has 0 aliphatic carbocycles. The van der Waals surface area contributed by atoms with Gasteiger partial charge in [-0.2, -0.15) is 4.31 Å². The molecule has 1 spiro atoms. The average molecular weight is 452 g/mol. The number of ether oxygens (including phenoxy) is 1. The number of likely N-dealkylation sites (tertiary alicyclic amines) is 1. The molecule has 1 aromatic rings. The summed E-state index contributed by atoms with van der Waals surface area (Å²) in [5.41, 5.74) is 0.553. The van der Waals surface area contributed by atoms with Crippen molar-refractivity contribution in [2.75, 3.05) is 33.3 Å². The fraction of sp³-hybridized carbons (Fsp3) is 0.682. The number of carbonyl (C=O) groups is 1. The Morgan fingerprint density at radius 2 is 1.94 bits per heavy atom. The summed E-state index contributed by atoms with van der Waals surface area (Å²) in [6.07, 6.45) is 1.38. The molecule has 3 aliphatic rings. The van der Waals surface area contributed by atoms with Gasteiger partial charge in [-0.1, -0.05) is 19.9 Å². The second-order valence-electron chi connectivity index (χ2n) is 9.51. The standard InChI is InChI=1S/C22H33N3O5S/c1-15(2)16-4-5-20-19(12-16)30-11-8-22(6-9-24(3)10-7-22)23-21(27)18-13-17(26)14-25(18)31(20,28)29/h4-5,12,15,17-18,26H,6-11,13-14H2,1-3H3,(H,23,27)/t17-,18+/m1/s1. The number of piperidine rings is 1. The van der Waals surface area contributed by atoms with E-state index in [0.29, 0.717) is 18.8 Å². The zero-order valence-corrected chi connectivity index (χ0v) is 19.3. The largest absolute Gasteiger partial charge is 0.492 e. The molecule has 8 nitrogen and oxygen atoms in total. The molecule has 0 radical (unpaired) electrons. The highest BCUT2D eigenvalue weighted by molar-refractivity contribution is 7.89. The average Bonchev–Trinajstić information content (AvgIpc) is 3.12. The molecule has 2 N–H and O–H groups in total. The number of sulfonamides is 1. The maximum atomic E-state index is 13.6. The van der Waals surface area contributed by atoms with Gasteiger partial charge in [-0.3, -0.25) is 4.79 Å². The number of carbonyl (C=O) groups excluding carboxylic acids is 1. The van der Waals surface area contributed by atoms with Crippen LogP contribution in [0.3, 0.4) is 0 Å². The normalized spacial score (nSPS) is 29.0. The second-order valence-corrected chi connectivity index (χ2v) is 11.4. The van der Waals surface area contributed by atoms with Gasteiger partial charge in [-0.05, 0) is 43.5 Å². The fourth-order valence-electron chi connectivity index (χ4n) is 4.81. The van der Waals surface area contributed by atoms with Crippen LogP contribution in [0.2, 0.25) is 0 Å². The van der Waals surface area contributed by atoms with Crippen LogP contribution >= 0.6 is 0 Å². The summed E-state index contributed by atoms with van der Waals surface area (Å²) in [5, 5.41) is 13.4. The third-order valence-electron chi connectivity index (χ3n) is 6.93. The monoisotopic (exact) mass is 451 g/mol. The van der Waals surface area contributed by atoms with E-state index in [1.165, 1.54) is 0 Å². The van der Waals surface area contributed by atoms with Gasteiger partial charge >= 0.3 is 0 Å². The number of aliphatic hydroxyl groups is 1. The topological polar surface area (TPSA) is 99.2 Å². The summed E-state index contributed by atoms with van der Waals surface area (Å²) in [6, 6.07) is 4.24. The van der Waals surface area contributed by atoms with Crippen LogP contribution in [0.4, 0.5) is 0 Å². The summed E-state index contributed by atoms with van der Waals surface area (Å²) in [5.74, 6) is 0.218. The predicted octanol–water partition coefficient (Wildman–Crippen LogP) is 1.30. The maximum Gasteiger partial charge on any atom is 0.247 e. The molecule has 2 atom stereocenters. The van der Waals surface area contributed by atoms with Gasteiger partial charge in [0, 0.05) is 38.0 Å². The number of nitrogens with one attached hydrogen (secondary N) is 1. The highest BCUT2D eigenvalue weighted by Gasteiger charge is 2.47. The molecular formula is C22H33N3O5S. The molecule has 172 valence electrons. The van der Waals surface area contributed by atoms with E-state index in [-0.39, 0.29) is 29.7 Å². The van der Waals surface area contributed by atoms with Gasteiger partial charge in [0.05, 0.1) is 12.7 Å². The van der Waals surface area contributed by atoms with Gasteiger partial charge in [0.15, 0.2) is 0 Å². The summed E-state index contributed by atoms with van der Waals surface area (Å²) >= 11 is 0. The van der Waals surface area contributed by atoms with Crippen molar-refractivity contribution in [3.8, 4) is 5.75 Å². The molecule has 4 rings (SSSR count). The van der Waals surface area contributed by atoms with Crippen LogP contribution < -0.4 is 10.1 Å². The Labute approximate surface area is 184 Å². The van der Waals surface area contributed by atoms with E-state index in [1.54, 1.807) is 18.2 Å². The van der Waals surface area contributed by atoms with Crippen molar-refractivity contribution in [3.05, 3.63) is 23.8 Å². The van der Waals surface area contributed by atoms with Gasteiger partial charge in [0.2, 0.25) is 15.9 Å². The third-order valence-corrected chi connectivity index (χ3v) is 8.84. The molecule has 9 heteroatoms. The molecule has 1 amide bonds. The van der Waals surface area contributed by atoms with E-state index in [4.69, 9.17) is 4.74 Å². The zero-order chi connectivity index (χ0) is 22.4. The first-order valence-corrected chi connectivity index (χ1v) is 12.5. The summed E-state index contributed by atoms with van der Waals surface area (Å²) in [7, 11) is -1.96. The van der Waals surface area contributed by atoms with Crippen molar-refractivity contribution in [1.82, 2.24) is 14.5 Å². The molecule has 2 saturated heterocycles. The fourth-order valence-corrected chi connectivity index (χ4v) is 6.56. The molecule has 31 heavy (non-hydrogen) atoms. The third kappa shape index (κ3) is 4.33. The maximum absolute atomic E-state index is 13.6. The number of rotatable bonds is 1. The number of nitrogens with zero attached hydrogens (tertiary/aromatic N) is 2. The van der Waals surface area contributed by atoms with Crippen molar-refractivity contribution in [2.24, 2.45) is 0 Å². The highest BCUT2D eigenvalue weighted by atomic mass is 32.2. The van der Waals surface area contributed by atoms with Gasteiger partial charge < -0.3 is 20.1 Å². The van der Waals surface area contributed by atoms with E-state index in [1.807, 2.05) is 13.8 Å². The van der Waals surface area contributed by atoms with E-state index in [9.17, 15) is 18.3 Å². The van der Waals surface area contributed by atoms with Crippen LogP contribution in [0.15, 0.2) is 23.1 Å². The number of fused-ring (bicyclic) bond motifs is 2. The Morgan fingerprint density at radius 1 is 1.23 bits per heavy atom. The lowest BCUT2D eigenvalue weighted by Crippen LogP contribution is -2.58. The molecule has 0 aromatic heterocycles. The lowest BCUT2D eigenvalue weighted by molar-refractivity contribution is -0.127. The number of aliphatic hydroxyl groups excluding tert-OH is 1. The smallest absolute Gasteiger partial charge is 0.247 e.